The van der Waals surface area contributed by atoms with Crippen LogP contribution < -0.4 is 15.5 Å². The lowest BCUT2D eigenvalue weighted by Gasteiger charge is -2.23. The normalized spacial score (nSPS) is 15.3. The predicted molar refractivity (Wildman–Crippen MR) is 149 cm³/mol. The summed E-state index contributed by atoms with van der Waals surface area (Å²) in [5.74, 6) is -0.949. The molecule has 0 aromatic heterocycles. The average Bonchev–Trinajstić information content (AvgIpc) is 2.87. The maximum atomic E-state index is 13.1. The van der Waals surface area contributed by atoms with E-state index in [0.29, 0.717) is 28.1 Å². The lowest BCUT2D eigenvalue weighted by molar-refractivity contribution is -0.137. The molecule has 1 unspecified atom stereocenters. The standard InChI is InChI=1S/C29H26F3N3O3.ClH/c1-35(2)21-7-3-6-19(16-21)22(18-12-14-20(15-13-18)29(30,31)32)8-4-11-27(37)33-24-9-5-10-25-23(24)17-26(36)28(38)34-25;/h3-16,26,36H,17H2,1-2H3,(H,33,37)(H,34,38);1H/b11-4+,22-8-;. The Balaban J connectivity index is 0.00000420. The van der Waals surface area contributed by atoms with Crippen LogP contribution in [0.15, 0.2) is 85.0 Å². The fourth-order valence-electron chi connectivity index (χ4n) is 4.10. The number of aliphatic hydroxyl groups is 1. The second-order valence-electron chi connectivity index (χ2n) is 8.99. The van der Waals surface area contributed by atoms with Crippen LogP contribution in [0.1, 0.15) is 22.3 Å². The third-order valence-corrected chi connectivity index (χ3v) is 6.10. The number of carbonyl (C=O) groups is 2. The van der Waals surface area contributed by atoms with Gasteiger partial charge in [0.05, 0.1) is 5.56 Å². The lowest BCUT2D eigenvalue weighted by Crippen LogP contribution is -2.34. The monoisotopic (exact) mass is 557 g/mol. The summed E-state index contributed by atoms with van der Waals surface area (Å²) in [6.45, 7) is 0. The van der Waals surface area contributed by atoms with Gasteiger partial charge in [0.25, 0.3) is 5.91 Å². The third kappa shape index (κ3) is 7.07. The fraction of sp³-hybridized carbons (Fsp3) is 0.172. The van der Waals surface area contributed by atoms with Gasteiger partial charge in [0, 0.05) is 49.2 Å². The number of hydrogen-bond donors (Lipinski definition) is 3. The molecule has 204 valence electrons. The highest BCUT2D eigenvalue weighted by molar-refractivity contribution is 6.03. The fourth-order valence-corrected chi connectivity index (χ4v) is 4.10. The molecule has 4 rings (SSSR count). The molecule has 0 radical (unpaired) electrons. The molecule has 1 aliphatic heterocycles. The number of hydrogen-bond acceptors (Lipinski definition) is 4. The van der Waals surface area contributed by atoms with Gasteiger partial charge in [-0.25, -0.2) is 0 Å². The van der Waals surface area contributed by atoms with Gasteiger partial charge in [-0.3, -0.25) is 9.59 Å². The van der Waals surface area contributed by atoms with Crippen LogP contribution in [-0.4, -0.2) is 37.1 Å². The molecule has 10 heteroatoms. The molecule has 3 aromatic carbocycles. The summed E-state index contributed by atoms with van der Waals surface area (Å²) in [6.07, 6.45) is -1.08. The van der Waals surface area contributed by atoms with E-state index in [-0.39, 0.29) is 18.8 Å². The minimum atomic E-state index is -4.44. The quantitative estimate of drug-likeness (QED) is 0.269. The molecule has 0 aliphatic carbocycles. The van der Waals surface area contributed by atoms with Gasteiger partial charge in [-0.2, -0.15) is 13.2 Å². The van der Waals surface area contributed by atoms with Gasteiger partial charge in [0.2, 0.25) is 5.91 Å². The summed E-state index contributed by atoms with van der Waals surface area (Å²) in [5.41, 5.74) is 3.71. The summed E-state index contributed by atoms with van der Waals surface area (Å²) in [4.78, 5) is 26.3. The van der Waals surface area contributed by atoms with Crippen molar-refractivity contribution in [1.82, 2.24) is 0 Å². The van der Waals surface area contributed by atoms with Crippen LogP contribution in [-0.2, 0) is 22.2 Å². The molecule has 0 bridgehead atoms. The molecule has 1 heterocycles. The number of nitrogens with one attached hydrogen (secondary N) is 2. The van der Waals surface area contributed by atoms with E-state index in [2.05, 4.69) is 10.6 Å². The zero-order valence-corrected chi connectivity index (χ0v) is 21.9. The maximum Gasteiger partial charge on any atom is 0.416 e. The number of nitrogens with zero attached hydrogens (tertiary/aromatic N) is 1. The first kappa shape index (κ1) is 29.5. The van der Waals surface area contributed by atoms with E-state index in [1.165, 1.54) is 24.3 Å². The summed E-state index contributed by atoms with van der Waals surface area (Å²) in [7, 11) is 3.77. The van der Waals surface area contributed by atoms with Gasteiger partial charge in [-0.05, 0) is 53.1 Å². The Morgan fingerprint density at radius 3 is 2.41 bits per heavy atom. The second kappa shape index (κ2) is 12.2. The number of rotatable bonds is 6. The molecule has 0 saturated heterocycles. The highest BCUT2D eigenvalue weighted by atomic mass is 35.5. The highest BCUT2D eigenvalue weighted by Crippen LogP contribution is 2.33. The van der Waals surface area contributed by atoms with E-state index in [9.17, 15) is 27.9 Å². The number of amides is 2. The zero-order chi connectivity index (χ0) is 27.4. The summed E-state index contributed by atoms with van der Waals surface area (Å²) in [5, 5.41) is 15.3. The first-order valence-electron chi connectivity index (χ1n) is 11.8. The van der Waals surface area contributed by atoms with Crippen LogP contribution in [0.3, 0.4) is 0 Å². The maximum absolute atomic E-state index is 13.1. The number of benzene rings is 3. The summed E-state index contributed by atoms with van der Waals surface area (Å²) < 4.78 is 39.3. The minimum Gasteiger partial charge on any atom is -0.383 e. The van der Waals surface area contributed by atoms with E-state index in [1.54, 1.807) is 24.3 Å². The Morgan fingerprint density at radius 1 is 1.05 bits per heavy atom. The predicted octanol–water partition coefficient (Wildman–Crippen LogP) is 5.68. The number of allylic oxidation sites excluding steroid dienone is 2. The molecule has 3 N–H and O–H groups in total. The molecule has 1 aliphatic rings. The van der Waals surface area contributed by atoms with Crippen LogP contribution in [0.2, 0.25) is 0 Å². The number of fused-ring (bicyclic) bond motifs is 1. The number of carbonyl (C=O) groups excluding carboxylic acids is 2. The van der Waals surface area contributed by atoms with E-state index < -0.39 is 29.7 Å². The molecule has 2 amide bonds. The minimum absolute atomic E-state index is 0. The average molecular weight is 558 g/mol. The Kier molecular flexibility index (Phi) is 9.21. The third-order valence-electron chi connectivity index (χ3n) is 6.10. The first-order valence-corrected chi connectivity index (χ1v) is 11.8. The van der Waals surface area contributed by atoms with E-state index in [4.69, 9.17) is 0 Å². The molecular weight excluding hydrogens is 531 g/mol. The molecule has 1 atom stereocenters. The van der Waals surface area contributed by atoms with Crippen molar-refractivity contribution < 1.29 is 27.9 Å². The number of halogens is 4. The van der Waals surface area contributed by atoms with Gasteiger partial charge in [0.1, 0.15) is 6.10 Å². The van der Waals surface area contributed by atoms with Crippen molar-refractivity contribution in [2.24, 2.45) is 0 Å². The SMILES string of the molecule is CN(C)c1cccc(/C(=C\C=C\C(=O)Nc2cccc3c2CC(O)C(=O)N3)c2ccc(C(F)(F)F)cc2)c1.Cl. The molecule has 6 nitrogen and oxygen atoms in total. The van der Waals surface area contributed by atoms with Gasteiger partial charge in [-0.15, -0.1) is 12.4 Å². The van der Waals surface area contributed by atoms with Crippen molar-refractivity contribution >= 4 is 46.9 Å². The van der Waals surface area contributed by atoms with Crippen molar-refractivity contribution in [3.05, 3.63) is 107 Å². The van der Waals surface area contributed by atoms with Crippen LogP contribution in [0, 0.1) is 0 Å². The van der Waals surface area contributed by atoms with Crippen molar-refractivity contribution in [2.45, 2.75) is 18.7 Å². The number of alkyl halides is 3. The number of aliphatic hydroxyl groups excluding tert-OH is 1. The molecule has 3 aromatic rings. The van der Waals surface area contributed by atoms with E-state index >= 15 is 0 Å². The molecular formula is C29H27ClF3N3O3. The highest BCUT2D eigenvalue weighted by Gasteiger charge is 2.30. The van der Waals surface area contributed by atoms with Crippen LogP contribution in [0.25, 0.3) is 5.57 Å². The summed E-state index contributed by atoms with van der Waals surface area (Å²) in [6, 6.07) is 17.4. The Hall–Kier alpha value is -4.08. The van der Waals surface area contributed by atoms with Gasteiger partial charge >= 0.3 is 6.18 Å². The van der Waals surface area contributed by atoms with Crippen LogP contribution >= 0.6 is 12.4 Å². The zero-order valence-electron chi connectivity index (χ0n) is 21.1. The Bertz CT molecular complexity index is 1420. The molecule has 0 spiro atoms. The Labute approximate surface area is 230 Å². The first-order chi connectivity index (χ1) is 18.0. The molecule has 0 saturated carbocycles. The second-order valence-corrected chi connectivity index (χ2v) is 8.99. The lowest BCUT2D eigenvalue weighted by atomic mass is 9.96. The van der Waals surface area contributed by atoms with E-state index in [1.807, 2.05) is 43.3 Å². The van der Waals surface area contributed by atoms with Gasteiger partial charge < -0.3 is 20.6 Å². The molecule has 0 fully saturated rings. The molecule has 39 heavy (non-hydrogen) atoms. The number of anilines is 3. The topological polar surface area (TPSA) is 81.7 Å². The van der Waals surface area contributed by atoms with Gasteiger partial charge in [0.15, 0.2) is 0 Å². The van der Waals surface area contributed by atoms with E-state index in [0.717, 1.165) is 23.4 Å². The van der Waals surface area contributed by atoms with Crippen molar-refractivity contribution in [3.63, 3.8) is 0 Å². The largest absolute Gasteiger partial charge is 0.416 e. The van der Waals surface area contributed by atoms with Crippen molar-refractivity contribution in [2.75, 3.05) is 29.6 Å². The Morgan fingerprint density at radius 2 is 1.74 bits per heavy atom. The van der Waals surface area contributed by atoms with Crippen LogP contribution in [0.4, 0.5) is 30.2 Å². The smallest absolute Gasteiger partial charge is 0.383 e. The van der Waals surface area contributed by atoms with Gasteiger partial charge in [-0.1, -0.05) is 42.5 Å². The summed E-state index contributed by atoms with van der Waals surface area (Å²) >= 11 is 0. The van der Waals surface area contributed by atoms with Crippen molar-refractivity contribution in [1.29, 1.82) is 0 Å². The van der Waals surface area contributed by atoms with Crippen LogP contribution in [0.5, 0.6) is 0 Å². The van der Waals surface area contributed by atoms with Crippen molar-refractivity contribution in [3.8, 4) is 0 Å².